The number of alkyl halides is 3. The fraction of sp³-hybridized carbons (Fsp3) is 0.357. The topological polar surface area (TPSA) is 48.0 Å². The third-order valence-electron chi connectivity index (χ3n) is 3.14. The Kier molecular flexibility index (Phi) is 4.13. The van der Waals surface area contributed by atoms with E-state index in [1.54, 1.807) is 18.2 Å². The largest absolute Gasteiger partial charge is 0.389 e. The summed E-state index contributed by atoms with van der Waals surface area (Å²) in [7, 11) is 0. The fourth-order valence-electron chi connectivity index (χ4n) is 2.19. The number of benzene rings is 1. The minimum absolute atomic E-state index is 0.0344. The van der Waals surface area contributed by atoms with Gasteiger partial charge in [0.25, 0.3) is 5.56 Å². The van der Waals surface area contributed by atoms with Crippen molar-refractivity contribution < 1.29 is 13.2 Å². The molecule has 0 fully saturated rings. The first-order chi connectivity index (χ1) is 9.42. The second-order valence-corrected chi connectivity index (χ2v) is 4.61. The quantitative estimate of drug-likeness (QED) is 0.938. The van der Waals surface area contributed by atoms with Crippen LogP contribution in [0.15, 0.2) is 35.1 Å². The lowest BCUT2D eigenvalue weighted by Crippen LogP contribution is -2.26. The highest BCUT2D eigenvalue weighted by Crippen LogP contribution is 2.22. The maximum absolute atomic E-state index is 12.2. The lowest BCUT2D eigenvalue weighted by Gasteiger charge is -2.13. The van der Waals surface area contributed by atoms with Crippen LogP contribution in [0.3, 0.4) is 0 Å². The molecule has 0 bridgehead atoms. The van der Waals surface area contributed by atoms with Crippen molar-refractivity contribution in [1.82, 2.24) is 4.57 Å². The van der Waals surface area contributed by atoms with Crippen LogP contribution in [0.1, 0.15) is 18.4 Å². The Bertz CT molecular complexity index is 661. The van der Waals surface area contributed by atoms with Crippen molar-refractivity contribution in [1.29, 1.82) is 0 Å². The van der Waals surface area contributed by atoms with Crippen LogP contribution in [-0.2, 0) is 13.1 Å². The maximum atomic E-state index is 12.2. The van der Waals surface area contributed by atoms with E-state index in [1.165, 1.54) is 4.57 Å². The summed E-state index contributed by atoms with van der Waals surface area (Å²) in [6, 6.07) is 8.80. The van der Waals surface area contributed by atoms with E-state index in [2.05, 4.69) is 0 Å². The molecule has 0 saturated carbocycles. The lowest BCUT2D eigenvalue weighted by atomic mass is 10.1. The molecule has 3 nitrogen and oxygen atoms in total. The van der Waals surface area contributed by atoms with Crippen molar-refractivity contribution in [2.24, 2.45) is 5.73 Å². The van der Waals surface area contributed by atoms with Crippen LogP contribution in [0, 0.1) is 0 Å². The van der Waals surface area contributed by atoms with Crippen LogP contribution >= 0.6 is 0 Å². The molecule has 0 aliphatic heterocycles. The van der Waals surface area contributed by atoms with Gasteiger partial charge in [0.05, 0.1) is 5.52 Å². The van der Waals surface area contributed by atoms with E-state index in [9.17, 15) is 18.0 Å². The molecular weight excluding hydrogens is 269 g/mol. The van der Waals surface area contributed by atoms with Gasteiger partial charge in [0.15, 0.2) is 0 Å². The van der Waals surface area contributed by atoms with Crippen LogP contribution in [-0.4, -0.2) is 10.7 Å². The van der Waals surface area contributed by atoms with E-state index in [0.717, 1.165) is 5.39 Å². The van der Waals surface area contributed by atoms with Gasteiger partial charge in [-0.05, 0) is 23.9 Å². The SMILES string of the molecule is NCc1cc2ccccc2n(CCCC(F)(F)F)c1=O. The van der Waals surface area contributed by atoms with E-state index in [4.69, 9.17) is 5.73 Å². The normalized spacial score (nSPS) is 12.0. The molecule has 2 aromatic rings. The van der Waals surface area contributed by atoms with Gasteiger partial charge in [-0.2, -0.15) is 13.2 Å². The lowest BCUT2D eigenvalue weighted by molar-refractivity contribution is -0.135. The van der Waals surface area contributed by atoms with Gasteiger partial charge in [0, 0.05) is 25.1 Å². The standard InChI is InChI=1S/C14H15F3N2O/c15-14(16,17)6-3-7-19-12-5-2-1-4-10(12)8-11(9-18)13(19)20/h1-2,4-5,8H,3,6-7,9,18H2. The first kappa shape index (κ1) is 14.6. The van der Waals surface area contributed by atoms with Crippen LogP contribution in [0.2, 0.25) is 0 Å². The molecule has 0 unspecified atom stereocenters. The van der Waals surface area contributed by atoms with Gasteiger partial charge < -0.3 is 10.3 Å². The van der Waals surface area contributed by atoms with Crippen molar-refractivity contribution in [3.8, 4) is 0 Å². The van der Waals surface area contributed by atoms with Crippen molar-refractivity contribution in [2.75, 3.05) is 0 Å². The Morgan fingerprint density at radius 2 is 1.90 bits per heavy atom. The van der Waals surface area contributed by atoms with Gasteiger partial charge in [-0.25, -0.2) is 0 Å². The summed E-state index contributed by atoms with van der Waals surface area (Å²) in [4.78, 5) is 12.2. The molecule has 6 heteroatoms. The maximum Gasteiger partial charge on any atom is 0.389 e. The average Bonchev–Trinajstić information content (AvgIpc) is 2.39. The Hall–Kier alpha value is -1.82. The van der Waals surface area contributed by atoms with Crippen LogP contribution in [0.5, 0.6) is 0 Å². The van der Waals surface area contributed by atoms with E-state index < -0.39 is 12.6 Å². The summed E-state index contributed by atoms with van der Waals surface area (Å²) in [5, 5.41) is 0.805. The zero-order valence-electron chi connectivity index (χ0n) is 10.8. The monoisotopic (exact) mass is 284 g/mol. The molecule has 0 radical (unpaired) electrons. The van der Waals surface area contributed by atoms with Gasteiger partial charge in [-0.3, -0.25) is 4.79 Å². The summed E-state index contributed by atoms with van der Waals surface area (Å²) in [5.41, 5.74) is 6.25. The number of hydrogen-bond acceptors (Lipinski definition) is 2. The summed E-state index contributed by atoms with van der Waals surface area (Å²) < 4.78 is 38.0. The van der Waals surface area contributed by atoms with Crippen LogP contribution < -0.4 is 11.3 Å². The number of para-hydroxylation sites is 1. The molecule has 108 valence electrons. The number of nitrogens with zero attached hydrogens (tertiary/aromatic N) is 1. The third kappa shape index (κ3) is 3.19. The van der Waals surface area contributed by atoms with Crippen molar-refractivity contribution in [3.63, 3.8) is 0 Å². The minimum Gasteiger partial charge on any atom is -0.326 e. The Labute approximate surface area is 113 Å². The molecule has 1 aromatic carbocycles. The molecule has 0 aliphatic rings. The number of rotatable bonds is 4. The minimum atomic E-state index is -4.20. The molecule has 0 atom stereocenters. The molecule has 20 heavy (non-hydrogen) atoms. The van der Waals surface area contributed by atoms with Gasteiger partial charge >= 0.3 is 6.18 Å². The molecule has 0 spiro atoms. The predicted molar refractivity (Wildman–Crippen MR) is 71.4 cm³/mol. The van der Waals surface area contributed by atoms with Crippen molar-refractivity contribution >= 4 is 10.9 Å². The summed E-state index contributed by atoms with van der Waals surface area (Å²) in [6.07, 6.45) is -5.23. The zero-order valence-corrected chi connectivity index (χ0v) is 10.8. The second kappa shape index (κ2) is 5.66. The number of hydrogen-bond donors (Lipinski definition) is 1. The van der Waals surface area contributed by atoms with Crippen molar-refractivity contribution in [2.45, 2.75) is 32.1 Å². The molecular formula is C14H15F3N2O. The summed E-state index contributed by atoms with van der Waals surface area (Å²) in [6.45, 7) is 0.107. The Morgan fingerprint density at radius 1 is 1.20 bits per heavy atom. The smallest absolute Gasteiger partial charge is 0.326 e. The Balaban J connectivity index is 2.39. The number of nitrogens with two attached hydrogens (primary N) is 1. The van der Waals surface area contributed by atoms with Gasteiger partial charge in [-0.15, -0.1) is 0 Å². The van der Waals surface area contributed by atoms with E-state index in [0.29, 0.717) is 11.1 Å². The molecule has 0 saturated heterocycles. The Morgan fingerprint density at radius 3 is 2.55 bits per heavy atom. The number of aromatic nitrogens is 1. The third-order valence-corrected chi connectivity index (χ3v) is 3.14. The molecule has 2 N–H and O–H groups in total. The fourth-order valence-corrected chi connectivity index (χ4v) is 2.19. The molecule has 1 heterocycles. The second-order valence-electron chi connectivity index (χ2n) is 4.61. The van der Waals surface area contributed by atoms with Gasteiger partial charge in [0.1, 0.15) is 0 Å². The van der Waals surface area contributed by atoms with E-state index in [1.807, 2.05) is 12.1 Å². The van der Waals surface area contributed by atoms with E-state index >= 15 is 0 Å². The number of fused-ring (bicyclic) bond motifs is 1. The summed E-state index contributed by atoms with van der Waals surface area (Å²) >= 11 is 0. The number of pyridine rings is 1. The van der Waals surface area contributed by atoms with E-state index in [-0.39, 0.29) is 25.1 Å². The van der Waals surface area contributed by atoms with Gasteiger partial charge in [-0.1, -0.05) is 18.2 Å². The first-order valence-corrected chi connectivity index (χ1v) is 6.30. The van der Waals surface area contributed by atoms with Gasteiger partial charge in [0.2, 0.25) is 0 Å². The first-order valence-electron chi connectivity index (χ1n) is 6.30. The molecule has 0 amide bonds. The van der Waals surface area contributed by atoms with Crippen molar-refractivity contribution in [3.05, 3.63) is 46.2 Å². The highest BCUT2D eigenvalue weighted by Gasteiger charge is 2.26. The van der Waals surface area contributed by atoms with Crippen LogP contribution in [0.4, 0.5) is 13.2 Å². The van der Waals surface area contributed by atoms with Crippen LogP contribution in [0.25, 0.3) is 10.9 Å². The highest BCUT2D eigenvalue weighted by molar-refractivity contribution is 5.79. The molecule has 1 aromatic heterocycles. The zero-order chi connectivity index (χ0) is 14.8. The number of halogens is 3. The average molecular weight is 284 g/mol. The predicted octanol–water partition coefficient (Wildman–Crippen LogP) is 2.80. The summed E-state index contributed by atoms with van der Waals surface area (Å²) in [5.74, 6) is 0. The molecule has 2 rings (SSSR count). The molecule has 0 aliphatic carbocycles. The number of aryl methyl sites for hydroxylation is 1. The highest BCUT2D eigenvalue weighted by atomic mass is 19.4.